The van der Waals surface area contributed by atoms with Gasteiger partial charge in [-0.15, -0.1) is 0 Å². The van der Waals surface area contributed by atoms with Crippen LogP contribution < -0.4 is 4.90 Å². The Balaban J connectivity index is 1.09. The van der Waals surface area contributed by atoms with Crippen LogP contribution in [-0.2, 0) is 10.8 Å². The van der Waals surface area contributed by atoms with Crippen molar-refractivity contribution in [1.29, 1.82) is 0 Å². The van der Waals surface area contributed by atoms with Crippen molar-refractivity contribution in [3.63, 3.8) is 0 Å². The smallest absolute Gasteiger partial charge is 0.0714 e. The van der Waals surface area contributed by atoms with Gasteiger partial charge in [-0.2, -0.15) is 0 Å². The van der Waals surface area contributed by atoms with Gasteiger partial charge >= 0.3 is 0 Å². The number of hydrogen-bond acceptors (Lipinski definition) is 1. The summed E-state index contributed by atoms with van der Waals surface area (Å²) in [7, 11) is 0. The van der Waals surface area contributed by atoms with Crippen molar-refractivity contribution in [3.05, 3.63) is 304 Å². The SMILES string of the molecule is Cc1ccccc1-c1ccc(N(c2ccc(C3(c4ccccc4)c4ccccc4-c4ccccc43)cc2)c2ccc3c(c2)C(c2ccccc2)(c2ccccc2)c2ccccc2-3)cc1C. The average molecular weight is 830 g/mol. The van der Waals surface area contributed by atoms with E-state index in [1.165, 1.54) is 89.0 Å². The van der Waals surface area contributed by atoms with E-state index in [0.717, 1.165) is 17.1 Å². The number of rotatable bonds is 8. The molecule has 0 N–H and O–H groups in total. The molecule has 65 heavy (non-hydrogen) atoms. The molecule has 0 fully saturated rings. The van der Waals surface area contributed by atoms with Gasteiger partial charge in [-0.25, -0.2) is 0 Å². The zero-order valence-corrected chi connectivity index (χ0v) is 36.6. The van der Waals surface area contributed by atoms with Crippen LogP contribution in [0.5, 0.6) is 0 Å². The summed E-state index contributed by atoms with van der Waals surface area (Å²) in [6.45, 7) is 4.45. The third-order valence-electron chi connectivity index (χ3n) is 14.3. The molecule has 0 unspecified atom stereocenters. The highest BCUT2D eigenvalue weighted by molar-refractivity contribution is 5.91. The quantitative estimate of drug-likeness (QED) is 0.147. The first kappa shape index (κ1) is 38.7. The number of hydrogen-bond donors (Lipinski definition) is 0. The number of aryl methyl sites for hydroxylation is 2. The van der Waals surface area contributed by atoms with Gasteiger partial charge in [-0.05, 0) is 139 Å². The molecule has 1 heteroatoms. The van der Waals surface area contributed by atoms with E-state index in [9.17, 15) is 0 Å². The average Bonchev–Trinajstić information content (AvgIpc) is 3.84. The molecule has 0 atom stereocenters. The van der Waals surface area contributed by atoms with Crippen molar-refractivity contribution in [2.45, 2.75) is 24.7 Å². The number of anilines is 3. The summed E-state index contributed by atoms with van der Waals surface area (Å²) in [6, 6.07) is 92.5. The minimum absolute atomic E-state index is 0.478. The van der Waals surface area contributed by atoms with E-state index in [2.05, 4.69) is 267 Å². The molecule has 0 bridgehead atoms. The van der Waals surface area contributed by atoms with Gasteiger partial charge in [-0.3, -0.25) is 0 Å². The van der Waals surface area contributed by atoms with Crippen LogP contribution in [-0.4, -0.2) is 0 Å². The van der Waals surface area contributed by atoms with Gasteiger partial charge in [0.05, 0.1) is 10.8 Å². The molecule has 0 aromatic heterocycles. The second-order valence-electron chi connectivity index (χ2n) is 17.7. The van der Waals surface area contributed by atoms with Gasteiger partial charge < -0.3 is 4.90 Å². The molecule has 308 valence electrons. The van der Waals surface area contributed by atoms with E-state index in [0.29, 0.717) is 0 Å². The molecule has 2 aliphatic carbocycles. The maximum absolute atomic E-state index is 2.47. The topological polar surface area (TPSA) is 3.24 Å². The minimum atomic E-state index is -0.518. The summed E-state index contributed by atoms with van der Waals surface area (Å²) in [5.41, 5.74) is 22.7. The highest BCUT2D eigenvalue weighted by Crippen LogP contribution is 2.59. The molecule has 10 aromatic carbocycles. The molecular weight excluding hydrogens is 783 g/mol. The van der Waals surface area contributed by atoms with Crippen molar-refractivity contribution in [3.8, 4) is 33.4 Å². The molecule has 10 aromatic rings. The lowest BCUT2D eigenvalue weighted by molar-refractivity contribution is 0.768. The molecule has 12 rings (SSSR count). The maximum Gasteiger partial charge on any atom is 0.0714 e. The van der Waals surface area contributed by atoms with Crippen LogP contribution in [0, 0.1) is 13.8 Å². The third-order valence-corrected chi connectivity index (χ3v) is 14.3. The van der Waals surface area contributed by atoms with Crippen LogP contribution in [0.25, 0.3) is 33.4 Å². The van der Waals surface area contributed by atoms with Crippen molar-refractivity contribution >= 4 is 17.1 Å². The fourth-order valence-electron chi connectivity index (χ4n) is 11.6. The molecule has 0 spiro atoms. The van der Waals surface area contributed by atoms with Crippen LogP contribution in [0.1, 0.15) is 55.6 Å². The summed E-state index contributed by atoms with van der Waals surface area (Å²) >= 11 is 0. The summed E-state index contributed by atoms with van der Waals surface area (Å²) in [4.78, 5) is 2.47. The van der Waals surface area contributed by atoms with Gasteiger partial charge in [0.1, 0.15) is 0 Å². The fraction of sp³-hybridized carbons (Fsp3) is 0.0625. The zero-order valence-electron chi connectivity index (χ0n) is 36.6. The van der Waals surface area contributed by atoms with E-state index in [4.69, 9.17) is 0 Å². The Morgan fingerprint density at radius 3 is 1.06 bits per heavy atom. The van der Waals surface area contributed by atoms with Crippen molar-refractivity contribution < 1.29 is 0 Å². The molecule has 2 aliphatic rings. The van der Waals surface area contributed by atoms with Crippen LogP contribution in [0.3, 0.4) is 0 Å². The summed E-state index contributed by atoms with van der Waals surface area (Å²) in [5.74, 6) is 0. The van der Waals surface area contributed by atoms with Gasteiger partial charge in [0, 0.05) is 17.1 Å². The largest absolute Gasteiger partial charge is 0.310 e. The van der Waals surface area contributed by atoms with E-state index < -0.39 is 10.8 Å². The summed E-state index contributed by atoms with van der Waals surface area (Å²) < 4.78 is 0. The fourth-order valence-corrected chi connectivity index (χ4v) is 11.6. The standard InChI is InChI=1S/C64H47N/c1-44-20-12-13-27-53(44)54-40-38-51(42-45(54)2)65(50-36-34-49(35-37-50)63(46-21-6-3-7-22-46)59-31-17-14-28-55(59)56-29-15-18-32-60(56)63)52-39-41-58-57-30-16-19-33-61(57)64(62(58)43-52,47-23-8-4-9-24-47)48-25-10-5-11-26-48/h3-43H,1-2H3. The first-order valence-electron chi connectivity index (χ1n) is 22.8. The Hall–Kier alpha value is -8.00. The number of fused-ring (bicyclic) bond motifs is 6. The Labute approximate surface area is 382 Å². The van der Waals surface area contributed by atoms with Gasteiger partial charge in [0.15, 0.2) is 0 Å². The first-order valence-corrected chi connectivity index (χ1v) is 22.8. The van der Waals surface area contributed by atoms with E-state index in [-0.39, 0.29) is 0 Å². The molecule has 0 amide bonds. The van der Waals surface area contributed by atoms with Crippen molar-refractivity contribution in [2.24, 2.45) is 0 Å². The summed E-state index contributed by atoms with van der Waals surface area (Å²) in [5, 5.41) is 0. The molecule has 0 saturated carbocycles. The maximum atomic E-state index is 2.47. The monoisotopic (exact) mass is 829 g/mol. The molecule has 0 saturated heterocycles. The van der Waals surface area contributed by atoms with Crippen LogP contribution in [0.4, 0.5) is 17.1 Å². The van der Waals surface area contributed by atoms with Crippen molar-refractivity contribution in [1.82, 2.24) is 0 Å². The lowest BCUT2D eigenvalue weighted by Crippen LogP contribution is -2.29. The molecule has 0 heterocycles. The normalized spacial score (nSPS) is 13.6. The van der Waals surface area contributed by atoms with E-state index in [1.807, 2.05) is 0 Å². The highest BCUT2D eigenvalue weighted by atomic mass is 15.1. The zero-order chi connectivity index (χ0) is 43.5. The van der Waals surface area contributed by atoms with Gasteiger partial charge in [0.2, 0.25) is 0 Å². The molecule has 1 nitrogen and oxygen atoms in total. The lowest BCUT2D eigenvalue weighted by atomic mass is 9.67. The third kappa shape index (κ3) is 5.79. The predicted octanol–water partition coefficient (Wildman–Crippen LogP) is 16.2. The highest BCUT2D eigenvalue weighted by Gasteiger charge is 2.47. The minimum Gasteiger partial charge on any atom is -0.310 e. The second kappa shape index (κ2) is 15.4. The molecule has 0 aliphatic heterocycles. The van der Waals surface area contributed by atoms with Crippen molar-refractivity contribution in [2.75, 3.05) is 4.90 Å². The van der Waals surface area contributed by atoms with Gasteiger partial charge in [0.25, 0.3) is 0 Å². The Morgan fingerprint density at radius 1 is 0.246 bits per heavy atom. The second-order valence-corrected chi connectivity index (χ2v) is 17.7. The van der Waals surface area contributed by atoms with Gasteiger partial charge in [-0.1, -0.05) is 212 Å². The number of nitrogens with zero attached hydrogens (tertiary/aromatic N) is 1. The molecule has 0 radical (unpaired) electrons. The number of benzene rings is 10. The van der Waals surface area contributed by atoms with Crippen LogP contribution >= 0.6 is 0 Å². The van der Waals surface area contributed by atoms with E-state index in [1.54, 1.807) is 0 Å². The van der Waals surface area contributed by atoms with Crippen LogP contribution in [0.2, 0.25) is 0 Å². The Bertz CT molecular complexity index is 3300. The Kier molecular flexibility index (Phi) is 9.14. The summed E-state index contributed by atoms with van der Waals surface area (Å²) in [6.07, 6.45) is 0. The predicted molar refractivity (Wildman–Crippen MR) is 271 cm³/mol. The Morgan fingerprint density at radius 2 is 0.585 bits per heavy atom. The van der Waals surface area contributed by atoms with E-state index >= 15 is 0 Å². The first-order chi connectivity index (χ1) is 32.1. The lowest BCUT2D eigenvalue weighted by Gasteiger charge is -2.35. The molecular formula is C64H47N. The van der Waals surface area contributed by atoms with Crippen LogP contribution in [0.15, 0.2) is 249 Å².